The summed E-state index contributed by atoms with van der Waals surface area (Å²) in [6, 6.07) is 6.92. The van der Waals surface area contributed by atoms with Gasteiger partial charge in [0.15, 0.2) is 18.2 Å². The number of aromatic nitrogens is 2. The Morgan fingerprint density at radius 2 is 1.81 bits per heavy atom. The Balaban J connectivity index is 1.35. The van der Waals surface area contributed by atoms with Gasteiger partial charge in [-0.05, 0) is 71.2 Å². The largest absolute Gasteiger partial charge is 0.484 e. The number of hydrogen-bond donors (Lipinski definition) is 4. The molecule has 0 saturated carbocycles. The summed E-state index contributed by atoms with van der Waals surface area (Å²) in [6.45, 7) is 9.61. The summed E-state index contributed by atoms with van der Waals surface area (Å²) in [5.74, 6) is -0.232. The number of hydroxylamine groups is 2. The van der Waals surface area contributed by atoms with Crippen LogP contribution in [0.2, 0.25) is 0 Å². The molecule has 1 saturated heterocycles. The normalized spacial score (nSPS) is 21.6. The highest BCUT2D eigenvalue weighted by molar-refractivity contribution is 6.19. The van der Waals surface area contributed by atoms with Gasteiger partial charge in [-0.1, -0.05) is 13.3 Å². The summed E-state index contributed by atoms with van der Waals surface area (Å²) >= 11 is 0. The van der Waals surface area contributed by atoms with Crippen LogP contribution >= 0.6 is 0 Å². The second-order valence-electron chi connectivity index (χ2n) is 10.9. The molecule has 10 heteroatoms. The first-order valence-corrected chi connectivity index (χ1v) is 12.4. The molecule has 2 aromatic rings. The van der Waals surface area contributed by atoms with E-state index in [0.717, 1.165) is 12.0 Å². The van der Waals surface area contributed by atoms with Crippen LogP contribution in [0.25, 0.3) is 11.4 Å². The van der Waals surface area contributed by atoms with Crippen LogP contribution in [0.3, 0.4) is 0 Å². The van der Waals surface area contributed by atoms with Gasteiger partial charge in [0.1, 0.15) is 23.2 Å². The lowest BCUT2D eigenvalue weighted by Crippen LogP contribution is -2.63. The Labute approximate surface area is 210 Å². The molecular weight excluding hydrogens is 462 g/mol. The predicted molar refractivity (Wildman–Crippen MR) is 134 cm³/mol. The Hall–Kier alpha value is -3.24. The summed E-state index contributed by atoms with van der Waals surface area (Å²) < 4.78 is 5.67. The molecule has 1 aromatic carbocycles. The van der Waals surface area contributed by atoms with Crippen molar-refractivity contribution in [3.05, 3.63) is 30.0 Å². The van der Waals surface area contributed by atoms with E-state index in [1.165, 1.54) is 5.06 Å². The number of fused-ring (bicyclic) bond motifs is 1. The number of piperidine rings is 1. The minimum Gasteiger partial charge on any atom is -0.484 e. The number of ether oxygens (including phenoxy) is 1. The van der Waals surface area contributed by atoms with Crippen LogP contribution < -0.4 is 15.4 Å². The molecule has 2 aliphatic heterocycles. The number of anilines is 1. The lowest BCUT2D eigenvalue weighted by Gasteiger charge is -2.51. The van der Waals surface area contributed by atoms with Gasteiger partial charge >= 0.3 is 0 Å². The van der Waals surface area contributed by atoms with Crippen LogP contribution in [0.1, 0.15) is 70.8 Å². The van der Waals surface area contributed by atoms with E-state index in [4.69, 9.17) is 4.74 Å². The quantitative estimate of drug-likeness (QED) is 0.430. The Bertz CT molecular complexity index is 1140. The molecule has 1 fully saturated rings. The molecule has 0 radical (unpaired) electrons. The highest BCUT2D eigenvalue weighted by Crippen LogP contribution is 2.36. The number of aromatic amines is 1. The first-order valence-electron chi connectivity index (χ1n) is 12.4. The fraction of sp³-hybridized carbons (Fsp3) is 0.538. The second kappa shape index (κ2) is 9.67. The number of amides is 2. The zero-order valence-corrected chi connectivity index (χ0v) is 21.5. The molecule has 1 unspecified atom stereocenters. The number of nitrogens with one attached hydrogen (secondary N) is 3. The summed E-state index contributed by atoms with van der Waals surface area (Å²) in [7, 11) is 0. The number of nitrogens with zero attached hydrogens (tertiary/aromatic N) is 2. The standard InChI is InChI=1S/C26H35N5O5/c1-6-7-18-21(33)20-23(30-24(18)34)29-22(28-20)15-8-10-17(11-9-15)36-14-19(32)27-16-12-25(2,3)31(35)26(4,5)13-16/h8-11,16,18,35H,6-7,12-14H2,1-5H3,(H,27,32)(H,28,29)(H,30,34). The van der Waals surface area contributed by atoms with Gasteiger partial charge in [-0.3, -0.25) is 14.4 Å². The van der Waals surface area contributed by atoms with Crippen molar-refractivity contribution in [3.8, 4) is 17.1 Å². The Kier molecular flexibility index (Phi) is 6.94. The third-order valence-corrected chi connectivity index (χ3v) is 6.90. The van der Waals surface area contributed by atoms with Crippen LogP contribution in [-0.2, 0) is 9.59 Å². The van der Waals surface area contributed by atoms with Crippen LogP contribution in [0.15, 0.2) is 24.3 Å². The van der Waals surface area contributed by atoms with Crippen molar-refractivity contribution in [3.63, 3.8) is 0 Å². The third-order valence-electron chi connectivity index (χ3n) is 6.90. The number of hydrogen-bond acceptors (Lipinski definition) is 7. The van der Waals surface area contributed by atoms with Crippen molar-refractivity contribution in [2.24, 2.45) is 5.92 Å². The molecule has 2 amide bonds. The molecule has 0 aliphatic carbocycles. The number of benzene rings is 1. The minimum atomic E-state index is -0.689. The van der Waals surface area contributed by atoms with Gasteiger partial charge in [0.25, 0.3) is 5.91 Å². The van der Waals surface area contributed by atoms with Crippen LogP contribution in [0, 0.1) is 5.92 Å². The molecule has 0 bridgehead atoms. The van der Waals surface area contributed by atoms with E-state index in [-0.39, 0.29) is 36.1 Å². The number of carbonyl (C=O) groups excluding carboxylic acids is 3. The van der Waals surface area contributed by atoms with Gasteiger partial charge in [-0.15, -0.1) is 0 Å². The maximum atomic E-state index is 12.7. The Morgan fingerprint density at radius 1 is 1.17 bits per heavy atom. The minimum absolute atomic E-state index is 0.0676. The van der Waals surface area contributed by atoms with E-state index in [1.807, 2.05) is 34.6 Å². The number of carbonyl (C=O) groups is 3. The predicted octanol–water partition coefficient (Wildman–Crippen LogP) is 3.53. The number of ketones is 1. The fourth-order valence-electron chi connectivity index (χ4n) is 5.33. The van der Waals surface area contributed by atoms with Crippen molar-refractivity contribution in [1.29, 1.82) is 0 Å². The van der Waals surface area contributed by atoms with Gasteiger partial charge in [0.2, 0.25) is 5.91 Å². The van der Waals surface area contributed by atoms with Crippen molar-refractivity contribution < 1.29 is 24.3 Å². The van der Waals surface area contributed by atoms with Crippen LogP contribution in [-0.4, -0.2) is 61.6 Å². The molecule has 36 heavy (non-hydrogen) atoms. The maximum Gasteiger partial charge on any atom is 0.258 e. The third kappa shape index (κ3) is 5.15. The average Bonchev–Trinajstić information content (AvgIpc) is 3.23. The number of imidazole rings is 1. The number of H-pyrrole nitrogens is 1. The van der Waals surface area contributed by atoms with Gasteiger partial charge in [0, 0.05) is 22.7 Å². The SMILES string of the molecule is CCCC1C(=O)Nc2nc(-c3ccc(OCC(=O)NC4CC(C)(C)N(O)C(C)(C)C4)cc3)[nH]c2C1=O. The molecule has 1 aromatic heterocycles. The van der Waals surface area contributed by atoms with E-state index in [9.17, 15) is 19.6 Å². The monoisotopic (exact) mass is 497 g/mol. The molecule has 0 spiro atoms. The lowest BCUT2D eigenvalue weighted by molar-refractivity contribution is -0.246. The van der Waals surface area contributed by atoms with Gasteiger partial charge in [-0.25, -0.2) is 4.98 Å². The molecular formula is C26H35N5O5. The molecule has 1 atom stereocenters. The first kappa shape index (κ1) is 25.8. The smallest absolute Gasteiger partial charge is 0.258 e. The summed E-state index contributed by atoms with van der Waals surface area (Å²) in [6.07, 6.45) is 2.48. The van der Waals surface area contributed by atoms with Gasteiger partial charge < -0.3 is 25.6 Å². The molecule has 4 N–H and O–H groups in total. The summed E-state index contributed by atoms with van der Waals surface area (Å²) in [5.41, 5.74) is 0.131. The van der Waals surface area contributed by atoms with E-state index in [0.29, 0.717) is 36.5 Å². The van der Waals surface area contributed by atoms with E-state index in [1.54, 1.807) is 24.3 Å². The van der Waals surface area contributed by atoms with Crippen molar-refractivity contribution in [1.82, 2.24) is 20.3 Å². The number of rotatable bonds is 7. The van der Waals surface area contributed by atoms with Gasteiger partial charge in [-0.2, -0.15) is 5.06 Å². The maximum absolute atomic E-state index is 12.7. The van der Waals surface area contributed by atoms with Crippen molar-refractivity contribution in [2.45, 2.75) is 77.4 Å². The topological polar surface area (TPSA) is 137 Å². The van der Waals surface area contributed by atoms with Crippen molar-refractivity contribution >= 4 is 23.4 Å². The summed E-state index contributed by atoms with van der Waals surface area (Å²) in [5, 5.41) is 17.6. The molecule has 10 nitrogen and oxygen atoms in total. The second-order valence-corrected chi connectivity index (χ2v) is 10.9. The molecule has 194 valence electrons. The molecule has 3 heterocycles. The van der Waals surface area contributed by atoms with Gasteiger partial charge in [0.05, 0.1) is 0 Å². The summed E-state index contributed by atoms with van der Waals surface area (Å²) in [4.78, 5) is 44.9. The van der Waals surface area contributed by atoms with E-state index in [2.05, 4.69) is 20.6 Å². The van der Waals surface area contributed by atoms with E-state index < -0.39 is 17.0 Å². The van der Waals surface area contributed by atoms with E-state index >= 15 is 0 Å². The fourth-order valence-corrected chi connectivity index (χ4v) is 5.33. The average molecular weight is 498 g/mol. The van der Waals surface area contributed by atoms with Crippen LogP contribution in [0.4, 0.5) is 5.82 Å². The van der Waals surface area contributed by atoms with Crippen LogP contribution in [0.5, 0.6) is 5.75 Å². The first-order chi connectivity index (χ1) is 16.9. The lowest BCUT2D eigenvalue weighted by atomic mass is 9.79. The Morgan fingerprint density at radius 3 is 2.42 bits per heavy atom. The number of Topliss-reactive ketones (excluding diaryl/α,β-unsaturated/α-hetero) is 1. The highest BCUT2D eigenvalue weighted by atomic mass is 16.5. The molecule has 2 aliphatic rings. The highest BCUT2D eigenvalue weighted by Gasteiger charge is 2.45. The zero-order valence-electron chi connectivity index (χ0n) is 21.5. The molecule has 4 rings (SSSR count). The zero-order chi connectivity index (χ0) is 26.3. The van der Waals surface area contributed by atoms with Crippen molar-refractivity contribution in [2.75, 3.05) is 11.9 Å².